The molecule has 1 aromatic rings. The van der Waals surface area contributed by atoms with Gasteiger partial charge in [-0.1, -0.05) is 6.07 Å². The van der Waals surface area contributed by atoms with Gasteiger partial charge in [0.05, 0.1) is 5.56 Å². The molecule has 108 valence electrons. The van der Waals surface area contributed by atoms with Crippen molar-refractivity contribution in [2.75, 3.05) is 25.5 Å². The monoisotopic (exact) mass is 275 g/mol. The number of hydrogen-bond donors (Lipinski definition) is 3. The van der Waals surface area contributed by atoms with Crippen molar-refractivity contribution in [2.45, 2.75) is 19.8 Å². The van der Waals surface area contributed by atoms with Crippen LogP contribution in [0.15, 0.2) is 18.2 Å². The molecular weight excluding hydrogens is 254 g/mol. The Morgan fingerprint density at radius 1 is 1.20 bits per heavy atom. The summed E-state index contributed by atoms with van der Waals surface area (Å²) in [6.07, 6.45) is 1.99. The summed E-state index contributed by atoms with van der Waals surface area (Å²) < 4.78 is 0. The van der Waals surface area contributed by atoms with Crippen molar-refractivity contribution in [1.29, 1.82) is 0 Å². The highest BCUT2D eigenvalue weighted by Crippen LogP contribution is 2.28. The molecule has 0 aromatic heterocycles. The molecule has 2 amide bonds. The number of carbonyl (C=O) groups excluding carboxylic acids is 2. The molecule has 0 radical (unpaired) electrons. The Labute approximate surface area is 119 Å². The van der Waals surface area contributed by atoms with E-state index in [9.17, 15) is 9.59 Å². The molecule has 0 aliphatic heterocycles. The molecule has 0 saturated heterocycles. The van der Waals surface area contributed by atoms with Crippen molar-refractivity contribution in [3.05, 3.63) is 29.3 Å². The Hall–Kier alpha value is -2.04. The van der Waals surface area contributed by atoms with Gasteiger partial charge in [0, 0.05) is 31.7 Å². The molecule has 5 heteroatoms. The lowest BCUT2D eigenvalue weighted by Gasteiger charge is -2.11. The summed E-state index contributed by atoms with van der Waals surface area (Å²) in [5.41, 5.74) is 2.53. The van der Waals surface area contributed by atoms with Crippen LogP contribution in [-0.2, 0) is 4.79 Å². The molecule has 0 atom stereocenters. The van der Waals surface area contributed by atoms with E-state index in [1.54, 1.807) is 13.1 Å². The van der Waals surface area contributed by atoms with Gasteiger partial charge in [-0.2, -0.15) is 0 Å². The Balaban J connectivity index is 1.80. The molecule has 1 aliphatic rings. The van der Waals surface area contributed by atoms with E-state index in [1.165, 1.54) is 0 Å². The highest BCUT2D eigenvalue weighted by atomic mass is 16.2. The first-order valence-corrected chi connectivity index (χ1v) is 6.96. The van der Waals surface area contributed by atoms with Gasteiger partial charge in [0.15, 0.2) is 0 Å². The molecule has 0 heterocycles. The van der Waals surface area contributed by atoms with Crippen LogP contribution < -0.4 is 16.0 Å². The van der Waals surface area contributed by atoms with E-state index in [0.717, 1.165) is 24.1 Å². The lowest BCUT2D eigenvalue weighted by atomic mass is 10.1. The zero-order valence-corrected chi connectivity index (χ0v) is 12.0. The SMILES string of the molecule is CNc1cc(C)ccc1C(=O)NCCNC(=O)C1CC1. The molecular formula is C15H21N3O2. The largest absolute Gasteiger partial charge is 0.387 e. The minimum atomic E-state index is -0.130. The van der Waals surface area contributed by atoms with Crippen LogP contribution in [0.5, 0.6) is 0 Å². The second-order valence-electron chi connectivity index (χ2n) is 5.12. The van der Waals surface area contributed by atoms with Gasteiger partial charge >= 0.3 is 0 Å². The van der Waals surface area contributed by atoms with E-state index < -0.39 is 0 Å². The summed E-state index contributed by atoms with van der Waals surface area (Å²) in [5, 5.41) is 8.65. The summed E-state index contributed by atoms with van der Waals surface area (Å²) in [4.78, 5) is 23.5. The summed E-state index contributed by atoms with van der Waals surface area (Å²) >= 11 is 0. The first kappa shape index (κ1) is 14.4. The third-order valence-electron chi connectivity index (χ3n) is 3.35. The van der Waals surface area contributed by atoms with Crippen LogP contribution in [0.4, 0.5) is 5.69 Å². The fourth-order valence-corrected chi connectivity index (χ4v) is 2.01. The fourth-order valence-electron chi connectivity index (χ4n) is 2.01. The maximum atomic E-state index is 12.1. The second-order valence-corrected chi connectivity index (χ2v) is 5.12. The summed E-state index contributed by atoms with van der Waals surface area (Å²) in [7, 11) is 1.79. The van der Waals surface area contributed by atoms with E-state index in [4.69, 9.17) is 0 Å². The van der Waals surface area contributed by atoms with Gasteiger partial charge in [0.2, 0.25) is 5.91 Å². The molecule has 0 spiro atoms. The number of nitrogens with one attached hydrogen (secondary N) is 3. The molecule has 1 aliphatic carbocycles. The van der Waals surface area contributed by atoms with Crippen LogP contribution >= 0.6 is 0 Å². The van der Waals surface area contributed by atoms with E-state index in [-0.39, 0.29) is 17.7 Å². The number of anilines is 1. The normalized spacial score (nSPS) is 13.7. The van der Waals surface area contributed by atoms with Crippen molar-refractivity contribution < 1.29 is 9.59 Å². The summed E-state index contributed by atoms with van der Waals surface area (Å²) in [5.74, 6) is 0.180. The number of benzene rings is 1. The number of aryl methyl sites for hydroxylation is 1. The average molecular weight is 275 g/mol. The Morgan fingerprint density at radius 3 is 2.55 bits per heavy atom. The van der Waals surface area contributed by atoms with Crippen molar-refractivity contribution >= 4 is 17.5 Å². The number of amides is 2. The second kappa shape index (κ2) is 6.41. The smallest absolute Gasteiger partial charge is 0.253 e. The highest BCUT2D eigenvalue weighted by Gasteiger charge is 2.28. The lowest BCUT2D eigenvalue weighted by molar-refractivity contribution is -0.122. The standard InChI is InChI=1S/C15H21N3O2/c1-10-3-6-12(13(9-10)16-2)15(20)18-8-7-17-14(19)11-4-5-11/h3,6,9,11,16H,4-5,7-8H2,1-2H3,(H,17,19)(H,18,20). The zero-order valence-electron chi connectivity index (χ0n) is 12.0. The molecule has 2 rings (SSSR count). The average Bonchev–Trinajstić information content (AvgIpc) is 3.27. The first-order valence-electron chi connectivity index (χ1n) is 6.96. The Bertz CT molecular complexity index is 510. The maximum Gasteiger partial charge on any atom is 0.253 e. The molecule has 1 aromatic carbocycles. The summed E-state index contributed by atoms with van der Waals surface area (Å²) in [6, 6.07) is 5.65. The highest BCUT2D eigenvalue weighted by molar-refractivity contribution is 5.99. The molecule has 3 N–H and O–H groups in total. The quantitative estimate of drug-likeness (QED) is 0.685. The molecule has 0 unspecified atom stereocenters. The number of carbonyl (C=O) groups is 2. The third kappa shape index (κ3) is 3.73. The van der Waals surface area contributed by atoms with Gasteiger partial charge in [-0.05, 0) is 37.5 Å². The van der Waals surface area contributed by atoms with Crippen molar-refractivity contribution in [1.82, 2.24) is 10.6 Å². The lowest BCUT2D eigenvalue weighted by Crippen LogP contribution is -2.35. The third-order valence-corrected chi connectivity index (χ3v) is 3.35. The maximum absolute atomic E-state index is 12.1. The first-order chi connectivity index (χ1) is 9.61. The van der Waals surface area contributed by atoms with Crippen molar-refractivity contribution in [3.63, 3.8) is 0 Å². The molecule has 5 nitrogen and oxygen atoms in total. The van der Waals surface area contributed by atoms with Crippen LogP contribution in [0.25, 0.3) is 0 Å². The molecule has 20 heavy (non-hydrogen) atoms. The van der Waals surface area contributed by atoms with Gasteiger partial charge in [-0.3, -0.25) is 9.59 Å². The number of hydrogen-bond acceptors (Lipinski definition) is 3. The van der Waals surface area contributed by atoms with Gasteiger partial charge in [-0.15, -0.1) is 0 Å². The van der Waals surface area contributed by atoms with E-state index in [0.29, 0.717) is 18.7 Å². The fraction of sp³-hybridized carbons (Fsp3) is 0.467. The zero-order chi connectivity index (χ0) is 14.5. The van der Waals surface area contributed by atoms with Gasteiger partial charge in [-0.25, -0.2) is 0 Å². The minimum Gasteiger partial charge on any atom is -0.387 e. The van der Waals surface area contributed by atoms with E-state index in [2.05, 4.69) is 16.0 Å². The van der Waals surface area contributed by atoms with Gasteiger partial charge in [0.1, 0.15) is 0 Å². The summed E-state index contributed by atoms with van der Waals surface area (Å²) in [6.45, 7) is 2.89. The van der Waals surface area contributed by atoms with Crippen LogP contribution in [0.3, 0.4) is 0 Å². The van der Waals surface area contributed by atoms with Crippen LogP contribution in [0, 0.1) is 12.8 Å². The molecule has 0 bridgehead atoms. The Kier molecular flexibility index (Phi) is 4.61. The van der Waals surface area contributed by atoms with Gasteiger partial charge in [0.25, 0.3) is 5.91 Å². The van der Waals surface area contributed by atoms with Crippen LogP contribution in [-0.4, -0.2) is 32.0 Å². The van der Waals surface area contributed by atoms with Gasteiger partial charge < -0.3 is 16.0 Å². The molecule has 1 fully saturated rings. The Morgan fingerprint density at radius 2 is 1.90 bits per heavy atom. The van der Waals surface area contributed by atoms with E-state index >= 15 is 0 Å². The van der Waals surface area contributed by atoms with Crippen molar-refractivity contribution in [3.8, 4) is 0 Å². The topological polar surface area (TPSA) is 70.2 Å². The molecule has 1 saturated carbocycles. The van der Waals surface area contributed by atoms with E-state index in [1.807, 2.05) is 19.1 Å². The van der Waals surface area contributed by atoms with Crippen LogP contribution in [0.2, 0.25) is 0 Å². The van der Waals surface area contributed by atoms with Crippen molar-refractivity contribution in [2.24, 2.45) is 5.92 Å². The minimum absolute atomic E-state index is 0.102. The number of rotatable bonds is 6. The predicted octanol–water partition coefficient (Wildman–Crippen LogP) is 1.29. The van der Waals surface area contributed by atoms with Crippen LogP contribution in [0.1, 0.15) is 28.8 Å². The predicted molar refractivity (Wildman–Crippen MR) is 78.8 cm³/mol.